The second-order valence-corrected chi connectivity index (χ2v) is 5.02. The van der Waals surface area contributed by atoms with E-state index in [2.05, 4.69) is 4.98 Å². The van der Waals surface area contributed by atoms with Crippen LogP contribution in [0.1, 0.15) is 5.56 Å². The van der Waals surface area contributed by atoms with E-state index < -0.39 is 17.6 Å². The molecule has 0 aliphatic carbocycles. The molecular weight excluding hydrogens is 290 g/mol. The van der Waals surface area contributed by atoms with Crippen molar-refractivity contribution >= 4 is 17.0 Å². The number of nitrogens with zero attached hydrogens (tertiary/aromatic N) is 2. The Morgan fingerprint density at radius 2 is 1.95 bits per heavy atom. The van der Waals surface area contributed by atoms with Gasteiger partial charge < -0.3 is 9.67 Å². The Morgan fingerprint density at radius 3 is 2.64 bits per heavy atom. The average Bonchev–Trinajstić information content (AvgIpc) is 2.78. The minimum Gasteiger partial charge on any atom is -0.481 e. The molecule has 3 rings (SSSR count). The molecule has 3 aromatic rings. The molecule has 112 valence electrons. The van der Waals surface area contributed by atoms with Crippen LogP contribution in [0, 0.1) is 11.6 Å². The molecule has 0 unspecified atom stereocenters. The molecule has 1 N–H and O–H groups in total. The molecule has 6 heteroatoms. The van der Waals surface area contributed by atoms with Crippen LogP contribution in [-0.4, -0.2) is 20.6 Å². The summed E-state index contributed by atoms with van der Waals surface area (Å²) < 4.78 is 28.2. The number of aromatic nitrogens is 2. The number of carboxylic acid groups (broad SMARTS) is 1. The summed E-state index contributed by atoms with van der Waals surface area (Å²) in [5.74, 6) is -2.28. The quantitative estimate of drug-likeness (QED) is 0.808. The van der Waals surface area contributed by atoms with Gasteiger partial charge >= 0.3 is 5.97 Å². The predicted molar refractivity (Wildman–Crippen MR) is 77.4 cm³/mol. The molecule has 0 spiro atoms. The van der Waals surface area contributed by atoms with Crippen LogP contribution in [0.25, 0.3) is 22.4 Å². The number of hydrogen-bond donors (Lipinski definition) is 1. The van der Waals surface area contributed by atoms with Gasteiger partial charge in [-0.3, -0.25) is 4.79 Å². The summed E-state index contributed by atoms with van der Waals surface area (Å²) in [6.45, 7) is 0. The summed E-state index contributed by atoms with van der Waals surface area (Å²) in [6.07, 6.45) is -0.0903. The van der Waals surface area contributed by atoms with Crippen molar-refractivity contribution in [1.29, 1.82) is 0 Å². The zero-order valence-electron chi connectivity index (χ0n) is 11.7. The molecule has 0 amide bonds. The number of fused-ring (bicyclic) bond motifs is 1. The first-order valence-corrected chi connectivity index (χ1v) is 6.58. The second-order valence-electron chi connectivity index (χ2n) is 5.02. The third kappa shape index (κ3) is 2.43. The molecule has 0 fully saturated rings. The maximum Gasteiger partial charge on any atom is 0.307 e. The van der Waals surface area contributed by atoms with Crippen molar-refractivity contribution in [2.75, 3.05) is 0 Å². The first kappa shape index (κ1) is 14.2. The lowest BCUT2D eigenvalue weighted by Gasteiger charge is -2.03. The third-order valence-corrected chi connectivity index (χ3v) is 3.48. The highest BCUT2D eigenvalue weighted by Gasteiger charge is 2.13. The van der Waals surface area contributed by atoms with Gasteiger partial charge in [0.2, 0.25) is 0 Å². The fourth-order valence-corrected chi connectivity index (χ4v) is 2.42. The Balaban J connectivity index is 2.12. The van der Waals surface area contributed by atoms with Crippen molar-refractivity contribution in [1.82, 2.24) is 9.55 Å². The first-order valence-electron chi connectivity index (χ1n) is 6.58. The SMILES string of the molecule is Cn1c(-c2ccc(F)c(F)c2)nc2cc(CC(=O)O)ccc21. The molecule has 1 heterocycles. The second kappa shape index (κ2) is 5.22. The van der Waals surface area contributed by atoms with Crippen molar-refractivity contribution in [2.24, 2.45) is 7.05 Å². The molecule has 0 aliphatic heterocycles. The number of aliphatic carboxylic acids is 1. The number of carbonyl (C=O) groups is 1. The van der Waals surface area contributed by atoms with E-state index in [4.69, 9.17) is 5.11 Å². The summed E-state index contributed by atoms with van der Waals surface area (Å²) in [7, 11) is 1.77. The maximum absolute atomic E-state index is 13.4. The normalized spacial score (nSPS) is 11.0. The Bertz CT molecular complexity index is 887. The first-order chi connectivity index (χ1) is 10.5. The van der Waals surface area contributed by atoms with E-state index in [0.29, 0.717) is 22.5 Å². The number of imidazole rings is 1. The smallest absolute Gasteiger partial charge is 0.307 e. The van der Waals surface area contributed by atoms with Gasteiger partial charge in [-0.15, -0.1) is 0 Å². The molecule has 0 saturated heterocycles. The summed E-state index contributed by atoms with van der Waals surface area (Å²) in [4.78, 5) is 15.2. The van der Waals surface area contributed by atoms with Crippen molar-refractivity contribution in [3.63, 3.8) is 0 Å². The van der Waals surface area contributed by atoms with Gasteiger partial charge in [0.05, 0.1) is 17.5 Å². The highest BCUT2D eigenvalue weighted by molar-refractivity contribution is 5.82. The van der Waals surface area contributed by atoms with Crippen LogP contribution < -0.4 is 0 Å². The van der Waals surface area contributed by atoms with Gasteiger partial charge in [-0.25, -0.2) is 13.8 Å². The molecule has 4 nitrogen and oxygen atoms in total. The molecule has 2 aromatic carbocycles. The molecule has 0 atom stereocenters. The monoisotopic (exact) mass is 302 g/mol. The lowest BCUT2D eigenvalue weighted by molar-refractivity contribution is -0.136. The molecule has 0 saturated carbocycles. The maximum atomic E-state index is 13.4. The Hall–Kier alpha value is -2.76. The minimum absolute atomic E-state index is 0.0903. The van der Waals surface area contributed by atoms with Crippen LogP contribution >= 0.6 is 0 Å². The largest absolute Gasteiger partial charge is 0.481 e. The number of rotatable bonds is 3. The zero-order chi connectivity index (χ0) is 15.9. The Morgan fingerprint density at radius 1 is 1.18 bits per heavy atom. The van der Waals surface area contributed by atoms with Gasteiger partial charge in [-0.1, -0.05) is 6.07 Å². The van der Waals surface area contributed by atoms with Crippen LogP contribution in [0.2, 0.25) is 0 Å². The topological polar surface area (TPSA) is 55.1 Å². The van der Waals surface area contributed by atoms with Crippen molar-refractivity contribution in [2.45, 2.75) is 6.42 Å². The van der Waals surface area contributed by atoms with Gasteiger partial charge in [0.25, 0.3) is 0 Å². The van der Waals surface area contributed by atoms with Crippen LogP contribution in [0.15, 0.2) is 36.4 Å². The number of hydrogen-bond acceptors (Lipinski definition) is 2. The van der Waals surface area contributed by atoms with Crippen LogP contribution in [0.5, 0.6) is 0 Å². The standard InChI is InChI=1S/C16H12F2N2O2/c1-20-14-5-2-9(7-15(21)22)6-13(14)19-16(20)10-3-4-11(17)12(18)8-10/h2-6,8H,7H2,1H3,(H,21,22). The highest BCUT2D eigenvalue weighted by atomic mass is 19.2. The summed E-state index contributed by atoms with van der Waals surface area (Å²) in [5, 5.41) is 8.83. The fourth-order valence-electron chi connectivity index (χ4n) is 2.42. The van der Waals surface area contributed by atoms with Gasteiger partial charge in [-0.05, 0) is 35.9 Å². The zero-order valence-corrected chi connectivity index (χ0v) is 11.7. The minimum atomic E-state index is -0.934. The van der Waals surface area contributed by atoms with E-state index in [1.54, 1.807) is 29.8 Å². The van der Waals surface area contributed by atoms with Gasteiger partial charge in [-0.2, -0.15) is 0 Å². The number of benzene rings is 2. The predicted octanol–water partition coefficient (Wildman–Crippen LogP) is 3.15. The van der Waals surface area contributed by atoms with E-state index in [1.807, 2.05) is 0 Å². The van der Waals surface area contributed by atoms with Crippen LogP contribution in [-0.2, 0) is 18.3 Å². The Kier molecular flexibility index (Phi) is 3.36. The van der Waals surface area contributed by atoms with Gasteiger partial charge in [0.1, 0.15) is 5.82 Å². The van der Waals surface area contributed by atoms with Crippen molar-refractivity contribution in [3.05, 3.63) is 53.6 Å². The lowest BCUT2D eigenvalue weighted by Crippen LogP contribution is -1.99. The number of aryl methyl sites for hydroxylation is 1. The number of carboxylic acids is 1. The Labute approximate surface area is 124 Å². The molecule has 1 aromatic heterocycles. The van der Waals surface area contributed by atoms with E-state index in [-0.39, 0.29) is 6.42 Å². The molecular formula is C16H12F2N2O2. The van der Waals surface area contributed by atoms with E-state index in [9.17, 15) is 13.6 Å². The van der Waals surface area contributed by atoms with E-state index >= 15 is 0 Å². The van der Waals surface area contributed by atoms with Crippen molar-refractivity contribution in [3.8, 4) is 11.4 Å². The van der Waals surface area contributed by atoms with E-state index in [0.717, 1.165) is 17.6 Å². The van der Waals surface area contributed by atoms with Crippen molar-refractivity contribution < 1.29 is 18.7 Å². The fraction of sp³-hybridized carbons (Fsp3) is 0.125. The molecule has 0 radical (unpaired) electrons. The average molecular weight is 302 g/mol. The molecule has 22 heavy (non-hydrogen) atoms. The molecule has 0 aliphatic rings. The third-order valence-electron chi connectivity index (χ3n) is 3.48. The summed E-state index contributed by atoms with van der Waals surface area (Å²) >= 11 is 0. The lowest BCUT2D eigenvalue weighted by atomic mass is 10.1. The van der Waals surface area contributed by atoms with Gasteiger partial charge in [0.15, 0.2) is 11.6 Å². The molecule has 0 bridgehead atoms. The number of halogens is 2. The summed E-state index contributed by atoms with van der Waals surface area (Å²) in [6, 6.07) is 8.77. The highest BCUT2D eigenvalue weighted by Crippen LogP contribution is 2.25. The van der Waals surface area contributed by atoms with Gasteiger partial charge in [0, 0.05) is 12.6 Å². The van der Waals surface area contributed by atoms with Crippen LogP contribution in [0.4, 0.5) is 8.78 Å². The van der Waals surface area contributed by atoms with Crippen LogP contribution in [0.3, 0.4) is 0 Å². The van der Waals surface area contributed by atoms with E-state index in [1.165, 1.54) is 6.07 Å². The summed E-state index contributed by atoms with van der Waals surface area (Å²) in [5.41, 5.74) is 2.49.